The van der Waals surface area contributed by atoms with E-state index in [1.807, 2.05) is 44.2 Å². The third-order valence-electron chi connectivity index (χ3n) is 6.94. The molecule has 0 bridgehead atoms. The highest BCUT2D eigenvalue weighted by molar-refractivity contribution is 7.89. The van der Waals surface area contributed by atoms with Crippen LogP contribution in [0.15, 0.2) is 93.0 Å². The second-order valence-corrected chi connectivity index (χ2v) is 12.6. The number of fused-ring (bicyclic) bond motifs is 1. The molecule has 0 aliphatic rings. The fourth-order valence-corrected chi connectivity index (χ4v) is 6.36. The minimum absolute atomic E-state index is 0.0478. The normalized spacial score (nSPS) is 13.2. The number of hydrogen-bond donors (Lipinski definition) is 2. The lowest BCUT2D eigenvalue weighted by molar-refractivity contribution is 0.0989. The summed E-state index contributed by atoms with van der Waals surface area (Å²) >= 11 is 0. The lowest BCUT2D eigenvalue weighted by Gasteiger charge is -2.30. The van der Waals surface area contributed by atoms with E-state index in [1.54, 1.807) is 43.3 Å². The van der Waals surface area contributed by atoms with Crippen LogP contribution in [0.5, 0.6) is 11.5 Å². The molecule has 0 fully saturated rings. The van der Waals surface area contributed by atoms with Crippen molar-refractivity contribution in [3.05, 3.63) is 100 Å². The van der Waals surface area contributed by atoms with Crippen molar-refractivity contribution in [3.63, 3.8) is 0 Å². The first-order valence-corrected chi connectivity index (χ1v) is 15.3. The molecule has 0 aliphatic carbocycles. The molecule has 228 valence electrons. The number of carbonyl (C=O) groups excluding carboxylic acids is 1. The molecule has 1 heterocycles. The van der Waals surface area contributed by atoms with Gasteiger partial charge in [-0.3, -0.25) is 0 Å². The van der Waals surface area contributed by atoms with E-state index >= 15 is 0 Å². The number of sulfonamides is 1. The van der Waals surface area contributed by atoms with Crippen LogP contribution >= 0.6 is 0 Å². The Labute approximate surface area is 250 Å². The third kappa shape index (κ3) is 7.81. The van der Waals surface area contributed by atoms with Crippen LogP contribution in [0.4, 0.5) is 4.79 Å². The van der Waals surface area contributed by atoms with E-state index in [0.717, 1.165) is 5.56 Å². The maximum atomic E-state index is 13.6. The Balaban J connectivity index is 1.60. The first-order valence-electron chi connectivity index (χ1n) is 13.9. The predicted molar refractivity (Wildman–Crippen MR) is 163 cm³/mol. The van der Waals surface area contributed by atoms with E-state index < -0.39 is 33.9 Å². The molecule has 10 nitrogen and oxygen atoms in total. The molecule has 2 atom stereocenters. The molecular formula is C32H36N2O8S. The highest BCUT2D eigenvalue weighted by Gasteiger charge is 2.32. The summed E-state index contributed by atoms with van der Waals surface area (Å²) in [5.41, 5.74) is 0.760. The molecule has 11 heteroatoms. The van der Waals surface area contributed by atoms with E-state index in [0.29, 0.717) is 22.3 Å². The van der Waals surface area contributed by atoms with E-state index in [9.17, 15) is 23.1 Å². The van der Waals surface area contributed by atoms with Gasteiger partial charge in [0, 0.05) is 24.0 Å². The van der Waals surface area contributed by atoms with Crippen LogP contribution < -0.4 is 20.4 Å². The average Bonchev–Trinajstić information content (AvgIpc) is 2.99. The summed E-state index contributed by atoms with van der Waals surface area (Å²) < 4.78 is 44.4. The van der Waals surface area contributed by atoms with Crippen molar-refractivity contribution < 1.29 is 32.2 Å². The van der Waals surface area contributed by atoms with Crippen molar-refractivity contribution in [1.29, 1.82) is 0 Å². The molecule has 1 amide bonds. The van der Waals surface area contributed by atoms with Crippen molar-refractivity contribution in [2.24, 2.45) is 5.92 Å². The summed E-state index contributed by atoms with van der Waals surface area (Å²) in [6.45, 7) is 5.22. The minimum Gasteiger partial charge on any atom is -0.497 e. The van der Waals surface area contributed by atoms with Crippen LogP contribution in [-0.2, 0) is 16.4 Å². The van der Waals surface area contributed by atoms with Gasteiger partial charge in [0.2, 0.25) is 15.8 Å². The van der Waals surface area contributed by atoms with Gasteiger partial charge in [-0.15, -0.1) is 0 Å². The zero-order chi connectivity index (χ0) is 31.1. The number of carbonyl (C=O) groups is 1. The number of nitrogens with zero attached hydrogens (tertiary/aromatic N) is 1. The van der Waals surface area contributed by atoms with E-state index in [4.69, 9.17) is 13.9 Å². The van der Waals surface area contributed by atoms with Crippen LogP contribution in [0.25, 0.3) is 11.0 Å². The van der Waals surface area contributed by atoms with Crippen LogP contribution in [0, 0.1) is 12.8 Å². The first-order chi connectivity index (χ1) is 20.5. The van der Waals surface area contributed by atoms with Crippen LogP contribution in [0.2, 0.25) is 0 Å². The number of aliphatic hydroxyl groups excluding tert-OH is 1. The van der Waals surface area contributed by atoms with Gasteiger partial charge < -0.3 is 24.3 Å². The Bertz CT molecular complexity index is 1700. The van der Waals surface area contributed by atoms with Crippen molar-refractivity contribution >= 4 is 27.1 Å². The van der Waals surface area contributed by atoms with Gasteiger partial charge in [0.05, 0.1) is 24.2 Å². The fourth-order valence-electron chi connectivity index (χ4n) is 4.74. The van der Waals surface area contributed by atoms with E-state index in [1.165, 1.54) is 23.5 Å². The molecule has 43 heavy (non-hydrogen) atoms. The smallest absolute Gasteiger partial charge is 0.413 e. The SMILES string of the molecule is COc1ccc(S(=O)(=O)N(CC(C)C)C[C@@H](O)[C@H](Cc2ccccc2)NC(=O)Oc2c(C)c3ccccc3oc2=O)cc1. The number of benzene rings is 3. The van der Waals surface area contributed by atoms with Gasteiger partial charge >= 0.3 is 11.7 Å². The van der Waals surface area contributed by atoms with E-state index in [2.05, 4.69) is 5.32 Å². The fraction of sp³-hybridized carbons (Fsp3) is 0.312. The summed E-state index contributed by atoms with van der Waals surface area (Å²) in [6.07, 6.45) is -2.16. The predicted octanol–water partition coefficient (Wildman–Crippen LogP) is 4.52. The molecule has 4 aromatic rings. The number of methoxy groups -OCH3 is 1. The second kappa shape index (κ2) is 13.9. The summed E-state index contributed by atoms with van der Waals surface area (Å²) in [5, 5.41) is 14.7. The molecule has 0 aliphatic heterocycles. The van der Waals surface area contributed by atoms with Gasteiger partial charge in [0.15, 0.2) is 0 Å². The largest absolute Gasteiger partial charge is 0.497 e. The molecule has 0 unspecified atom stereocenters. The van der Waals surface area contributed by atoms with Crippen molar-refractivity contribution in [1.82, 2.24) is 9.62 Å². The zero-order valence-electron chi connectivity index (χ0n) is 24.5. The highest BCUT2D eigenvalue weighted by atomic mass is 32.2. The molecule has 0 saturated heterocycles. The van der Waals surface area contributed by atoms with Crippen LogP contribution in [0.1, 0.15) is 25.0 Å². The summed E-state index contributed by atoms with van der Waals surface area (Å²) in [4.78, 5) is 25.8. The lowest BCUT2D eigenvalue weighted by Crippen LogP contribution is -2.51. The lowest BCUT2D eigenvalue weighted by atomic mass is 10.0. The molecular weight excluding hydrogens is 572 g/mol. The molecule has 2 N–H and O–H groups in total. The molecule has 0 saturated carbocycles. The topological polar surface area (TPSA) is 135 Å². The van der Waals surface area contributed by atoms with E-state index in [-0.39, 0.29) is 36.1 Å². The summed E-state index contributed by atoms with van der Waals surface area (Å²) in [5.74, 6) is 0.184. The maximum Gasteiger partial charge on any atom is 0.413 e. The summed E-state index contributed by atoms with van der Waals surface area (Å²) in [7, 11) is -2.52. The Kier molecular flexibility index (Phi) is 10.2. The minimum atomic E-state index is -4.01. The van der Waals surface area contributed by atoms with Crippen LogP contribution in [-0.4, -0.2) is 56.3 Å². The Hall–Kier alpha value is -4.19. The van der Waals surface area contributed by atoms with Gasteiger partial charge in [-0.1, -0.05) is 62.4 Å². The molecule has 4 rings (SSSR count). The Morgan fingerprint density at radius 1 is 0.977 bits per heavy atom. The highest BCUT2D eigenvalue weighted by Crippen LogP contribution is 2.24. The average molecular weight is 609 g/mol. The summed E-state index contributed by atoms with van der Waals surface area (Å²) in [6, 6.07) is 21.0. The van der Waals surface area contributed by atoms with Crippen molar-refractivity contribution in [2.45, 2.75) is 44.2 Å². The number of amides is 1. The molecule has 0 radical (unpaired) electrons. The van der Waals surface area contributed by atoms with Crippen molar-refractivity contribution in [2.75, 3.05) is 20.2 Å². The quantitative estimate of drug-likeness (QED) is 0.224. The number of ether oxygens (including phenoxy) is 2. The molecule has 3 aromatic carbocycles. The van der Waals surface area contributed by atoms with Crippen LogP contribution in [0.3, 0.4) is 0 Å². The Morgan fingerprint density at radius 2 is 1.63 bits per heavy atom. The van der Waals surface area contributed by atoms with Gasteiger partial charge in [-0.2, -0.15) is 4.31 Å². The van der Waals surface area contributed by atoms with Gasteiger partial charge in [0.1, 0.15) is 11.3 Å². The number of aliphatic hydroxyl groups is 1. The standard InChI is InChI=1S/C32H36N2O8S/c1-21(2)19-34(43(38,39)25-16-14-24(40-4)15-17-25)20-28(35)27(18-23-10-6-5-7-11-23)33-32(37)42-30-22(3)26-12-8-9-13-29(26)41-31(30)36/h5-17,21,27-28,35H,18-20H2,1-4H3,(H,33,37)/t27-,28+/m0/s1. The second-order valence-electron chi connectivity index (χ2n) is 10.6. The monoisotopic (exact) mass is 608 g/mol. The van der Waals surface area contributed by atoms with Gasteiger partial charge in [-0.05, 0) is 55.2 Å². The molecule has 0 spiro atoms. The first kappa shape index (κ1) is 31.7. The van der Waals surface area contributed by atoms with Crippen molar-refractivity contribution in [3.8, 4) is 11.5 Å². The zero-order valence-corrected chi connectivity index (χ0v) is 25.3. The molecule has 1 aromatic heterocycles. The van der Waals surface area contributed by atoms with Gasteiger partial charge in [-0.25, -0.2) is 18.0 Å². The Morgan fingerprint density at radius 3 is 2.28 bits per heavy atom. The number of rotatable bonds is 12. The number of para-hydroxylation sites is 1. The number of nitrogens with one attached hydrogen (secondary N) is 1. The number of hydrogen-bond acceptors (Lipinski definition) is 8. The number of aryl methyl sites for hydroxylation is 1. The third-order valence-corrected chi connectivity index (χ3v) is 8.78. The maximum absolute atomic E-state index is 13.6. The van der Waals surface area contributed by atoms with Gasteiger partial charge in [0.25, 0.3) is 0 Å².